The predicted octanol–water partition coefficient (Wildman–Crippen LogP) is -1.08. The second-order valence-electron chi connectivity index (χ2n) is 4.58. The number of esters is 1. The molecule has 1 heterocycles. The minimum atomic E-state index is -1.24. The van der Waals surface area contributed by atoms with Gasteiger partial charge in [0.25, 0.3) is 0 Å². The third kappa shape index (κ3) is 5.67. The molecule has 3 N–H and O–H groups in total. The smallest absolute Gasteiger partial charge is 0.326 e. The summed E-state index contributed by atoms with van der Waals surface area (Å²) in [5.41, 5.74) is 0. The molecule has 0 unspecified atom stereocenters. The zero-order valence-corrected chi connectivity index (χ0v) is 11.8. The Balaban J connectivity index is 2.56. The van der Waals surface area contributed by atoms with Crippen LogP contribution in [0, 0.1) is 0 Å². The fraction of sp³-hybridized carbons (Fsp3) is 0.667. The molecule has 0 aromatic heterocycles. The van der Waals surface area contributed by atoms with Crippen molar-refractivity contribution < 1.29 is 29.0 Å². The van der Waals surface area contributed by atoms with Gasteiger partial charge in [0.15, 0.2) is 0 Å². The third-order valence-corrected chi connectivity index (χ3v) is 3.01. The summed E-state index contributed by atoms with van der Waals surface area (Å²) in [5.74, 6) is -2.08. The standard InChI is InChI=1S/C12H19N3O6/c1-21-10(17)4-3-8(11(18)19)14-12(20)15-6-2-5-13-9(16)7-15/h8H,2-7H2,1H3,(H,13,16)(H,14,20)(H,18,19)/t8-/m0/s1. The lowest BCUT2D eigenvalue weighted by Crippen LogP contribution is -2.49. The van der Waals surface area contributed by atoms with Crippen molar-refractivity contribution in [1.29, 1.82) is 0 Å². The Bertz CT molecular complexity index is 425. The summed E-state index contributed by atoms with van der Waals surface area (Å²) in [6.07, 6.45) is 0.404. The molecule has 0 aromatic carbocycles. The van der Waals surface area contributed by atoms with Gasteiger partial charge in [-0.15, -0.1) is 0 Å². The fourth-order valence-corrected chi connectivity index (χ4v) is 1.84. The number of carbonyl (C=O) groups is 4. The zero-order chi connectivity index (χ0) is 15.8. The third-order valence-electron chi connectivity index (χ3n) is 3.01. The van der Waals surface area contributed by atoms with Crippen molar-refractivity contribution in [2.75, 3.05) is 26.7 Å². The van der Waals surface area contributed by atoms with Crippen LogP contribution < -0.4 is 10.6 Å². The minimum absolute atomic E-state index is 0.0756. The van der Waals surface area contributed by atoms with E-state index in [0.29, 0.717) is 19.5 Å². The van der Waals surface area contributed by atoms with Gasteiger partial charge in [0.05, 0.1) is 7.11 Å². The van der Waals surface area contributed by atoms with E-state index in [4.69, 9.17) is 5.11 Å². The number of nitrogens with zero attached hydrogens (tertiary/aromatic N) is 1. The highest BCUT2D eigenvalue weighted by molar-refractivity contribution is 5.87. The molecule has 0 spiro atoms. The molecule has 1 fully saturated rings. The molecule has 9 heteroatoms. The van der Waals surface area contributed by atoms with Crippen LogP contribution in [0.5, 0.6) is 0 Å². The Hall–Kier alpha value is -2.32. The molecule has 0 bridgehead atoms. The van der Waals surface area contributed by atoms with E-state index in [1.54, 1.807) is 0 Å². The lowest BCUT2D eigenvalue weighted by Gasteiger charge is -2.22. The topological polar surface area (TPSA) is 125 Å². The molecule has 1 atom stereocenters. The number of hydrogen-bond donors (Lipinski definition) is 3. The molecule has 118 valence electrons. The average Bonchev–Trinajstić information content (AvgIpc) is 2.67. The lowest BCUT2D eigenvalue weighted by molar-refractivity contribution is -0.142. The van der Waals surface area contributed by atoms with E-state index >= 15 is 0 Å². The quantitative estimate of drug-likeness (QED) is 0.555. The summed E-state index contributed by atoms with van der Waals surface area (Å²) in [7, 11) is 1.20. The maximum Gasteiger partial charge on any atom is 0.326 e. The number of nitrogens with one attached hydrogen (secondary N) is 2. The zero-order valence-electron chi connectivity index (χ0n) is 11.8. The second-order valence-corrected chi connectivity index (χ2v) is 4.58. The largest absolute Gasteiger partial charge is 0.480 e. The molecule has 0 radical (unpaired) electrons. The summed E-state index contributed by atoms with van der Waals surface area (Å²) in [6, 6.07) is -1.84. The molecule has 0 aliphatic carbocycles. The molecule has 0 aromatic rings. The van der Waals surface area contributed by atoms with Crippen molar-refractivity contribution in [2.45, 2.75) is 25.3 Å². The Kier molecular flexibility index (Phi) is 6.44. The van der Waals surface area contributed by atoms with Crippen molar-refractivity contribution in [1.82, 2.24) is 15.5 Å². The van der Waals surface area contributed by atoms with E-state index in [1.807, 2.05) is 0 Å². The van der Waals surface area contributed by atoms with Gasteiger partial charge in [-0.05, 0) is 12.8 Å². The summed E-state index contributed by atoms with van der Waals surface area (Å²) in [5, 5.41) is 14.0. The maximum atomic E-state index is 12.0. The van der Waals surface area contributed by atoms with Gasteiger partial charge >= 0.3 is 18.0 Å². The van der Waals surface area contributed by atoms with E-state index in [2.05, 4.69) is 15.4 Å². The molecule has 1 saturated heterocycles. The Labute approximate surface area is 121 Å². The van der Waals surface area contributed by atoms with Gasteiger partial charge in [-0.2, -0.15) is 0 Å². The predicted molar refractivity (Wildman–Crippen MR) is 70.4 cm³/mol. The molecule has 0 saturated carbocycles. The van der Waals surface area contributed by atoms with Gasteiger partial charge in [-0.25, -0.2) is 9.59 Å². The minimum Gasteiger partial charge on any atom is -0.480 e. The van der Waals surface area contributed by atoms with Crippen LogP contribution in [0.3, 0.4) is 0 Å². The van der Waals surface area contributed by atoms with E-state index in [9.17, 15) is 19.2 Å². The second kappa shape index (κ2) is 8.08. The van der Waals surface area contributed by atoms with Crippen LogP contribution >= 0.6 is 0 Å². The van der Waals surface area contributed by atoms with Crippen LogP contribution in [-0.4, -0.2) is 66.7 Å². The number of hydrogen-bond acceptors (Lipinski definition) is 5. The van der Waals surface area contributed by atoms with Crippen molar-refractivity contribution >= 4 is 23.9 Å². The molecule has 1 rings (SSSR count). The number of amides is 3. The number of aliphatic carboxylic acids is 1. The van der Waals surface area contributed by atoms with Crippen molar-refractivity contribution in [2.24, 2.45) is 0 Å². The summed E-state index contributed by atoms with van der Waals surface area (Å²) < 4.78 is 4.42. The van der Waals surface area contributed by atoms with E-state index in [1.165, 1.54) is 12.0 Å². The summed E-state index contributed by atoms with van der Waals surface area (Å²) in [6.45, 7) is 0.719. The number of ether oxygens (including phenoxy) is 1. The van der Waals surface area contributed by atoms with Crippen molar-refractivity contribution in [3.63, 3.8) is 0 Å². The number of carboxylic acid groups (broad SMARTS) is 1. The summed E-state index contributed by atoms with van der Waals surface area (Å²) in [4.78, 5) is 46.7. The van der Waals surface area contributed by atoms with Crippen LogP contribution in [-0.2, 0) is 19.1 Å². The normalized spacial score (nSPS) is 16.4. The highest BCUT2D eigenvalue weighted by atomic mass is 16.5. The molecule has 21 heavy (non-hydrogen) atoms. The lowest BCUT2D eigenvalue weighted by atomic mass is 10.1. The van der Waals surface area contributed by atoms with Gasteiger partial charge in [-0.1, -0.05) is 0 Å². The van der Waals surface area contributed by atoms with Crippen LogP contribution in [0.4, 0.5) is 4.79 Å². The average molecular weight is 301 g/mol. The molecule has 1 aliphatic heterocycles. The van der Waals surface area contributed by atoms with Crippen molar-refractivity contribution in [3.8, 4) is 0 Å². The SMILES string of the molecule is COC(=O)CC[C@H](NC(=O)N1CCCNC(=O)C1)C(=O)O. The van der Waals surface area contributed by atoms with Crippen molar-refractivity contribution in [3.05, 3.63) is 0 Å². The summed E-state index contributed by atoms with van der Waals surface area (Å²) >= 11 is 0. The maximum absolute atomic E-state index is 12.0. The van der Waals surface area contributed by atoms with E-state index in [-0.39, 0.29) is 25.3 Å². The Morgan fingerprint density at radius 3 is 2.81 bits per heavy atom. The van der Waals surface area contributed by atoms with E-state index in [0.717, 1.165) is 0 Å². The number of urea groups is 1. The van der Waals surface area contributed by atoms with Crippen LogP contribution in [0.25, 0.3) is 0 Å². The first kappa shape index (κ1) is 16.7. The highest BCUT2D eigenvalue weighted by Gasteiger charge is 2.26. The van der Waals surface area contributed by atoms with Gasteiger partial charge in [0.2, 0.25) is 5.91 Å². The molecular formula is C12H19N3O6. The van der Waals surface area contributed by atoms with Crippen LogP contribution in [0.15, 0.2) is 0 Å². The fourth-order valence-electron chi connectivity index (χ4n) is 1.84. The number of methoxy groups -OCH3 is 1. The molecule has 1 aliphatic rings. The Morgan fingerprint density at radius 1 is 1.48 bits per heavy atom. The van der Waals surface area contributed by atoms with E-state index < -0.39 is 24.0 Å². The van der Waals surface area contributed by atoms with Gasteiger partial charge in [0, 0.05) is 19.5 Å². The number of rotatable bonds is 5. The molecular weight excluding hydrogens is 282 g/mol. The number of carbonyl (C=O) groups excluding carboxylic acids is 3. The first-order valence-corrected chi connectivity index (χ1v) is 6.55. The van der Waals surface area contributed by atoms with Crippen LogP contribution in [0.1, 0.15) is 19.3 Å². The highest BCUT2D eigenvalue weighted by Crippen LogP contribution is 2.03. The van der Waals surface area contributed by atoms with Gasteiger partial charge in [0.1, 0.15) is 12.6 Å². The Morgan fingerprint density at radius 2 is 2.19 bits per heavy atom. The molecule has 3 amide bonds. The number of carboxylic acids is 1. The first-order valence-electron chi connectivity index (χ1n) is 6.55. The van der Waals surface area contributed by atoms with Crippen LogP contribution in [0.2, 0.25) is 0 Å². The molecule has 9 nitrogen and oxygen atoms in total. The monoisotopic (exact) mass is 301 g/mol. The van der Waals surface area contributed by atoms with Gasteiger partial charge < -0.3 is 25.4 Å². The first-order chi connectivity index (χ1) is 9.93. The van der Waals surface area contributed by atoms with Gasteiger partial charge in [-0.3, -0.25) is 9.59 Å².